The first-order valence-corrected chi connectivity index (χ1v) is 10.1. The lowest BCUT2D eigenvalue weighted by Gasteiger charge is -2.15. The number of amides is 2. The number of imide groups is 1. The molecule has 1 aliphatic heterocycles. The van der Waals surface area contributed by atoms with E-state index in [1.165, 1.54) is 0 Å². The Balaban J connectivity index is 1.83. The molecular formula is C23H16BrClN2O2. The molecule has 4 rings (SSSR count). The monoisotopic (exact) mass is 466 g/mol. The summed E-state index contributed by atoms with van der Waals surface area (Å²) in [5, 5.41) is 3.60. The SMILES string of the molecule is Cc1ccc(C2=C(Nc3cccc(Br)c3)C(=O)N(c3cccc(Cl)c3)C2=O)cc1. The lowest BCUT2D eigenvalue weighted by molar-refractivity contribution is -0.120. The van der Waals surface area contributed by atoms with Crippen LogP contribution in [-0.4, -0.2) is 11.8 Å². The average molecular weight is 468 g/mol. The molecule has 1 heterocycles. The Morgan fingerprint density at radius 2 is 1.62 bits per heavy atom. The number of carbonyl (C=O) groups excluding carboxylic acids is 2. The van der Waals surface area contributed by atoms with Crippen molar-refractivity contribution in [1.29, 1.82) is 0 Å². The number of hydrogen-bond acceptors (Lipinski definition) is 3. The summed E-state index contributed by atoms with van der Waals surface area (Å²) < 4.78 is 0.864. The number of halogens is 2. The standard InChI is InChI=1S/C23H16BrClN2O2/c1-14-8-10-15(11-9-14)20-21(26-18-6-2-4-16(24)12-18)23(29)27(22(20)28)19-7-3-5-17(25)13-19/h2-13,26H,1H3. The third kappa shape index (κ3) is 3.84. The number of hydrogen-bond donors (Lipinski definition) is 1. The highest BCUT2D eigenvalue weighted by Crippen LogP contribution is 2.34. The quantitative estimate of drug-likeness (QED) is 0.493. The first kappa shape index (κ1) is 19.4. The molecular weight excluding hydrogens is 452 g/mol. The van der Waals surface area contributed by atoms with E-state index >= 15 is 0 Å². The van der Waals surface area contributed by atoms with Crippen LogP contribution in [0, 0.1) is 6.92 Å². The number of nitrogens with zero attached hydrogens (tertiary/aromatic N) is 1. The van der Waals surface area contributed by atoms with E-state index in [-0.39, 0.29) is 5.70 Å². The Hall–Kier alpha value is -2.89. The molecule has 0 saturated carbocycles. The maximum Gasteiger partial charge on any atom is 0.282 e. The minimum absolute atomic E-state index is 0.233. The van der Waals surface area contributed by atoms with Crippen molar-refractivity contribution in [3.63, 3.8) is 0 Å². The summed E-state index contributed by atoms with van der Waals surface area (Å²) in [7, 11) is 0. The second-order valence-corrected chi connectivity index (χ2v) is 8.03. The zero-order valence-corrected chi connectivity index (χ0v) is 17.8. The molecule has 0 fully saturated rings. The van der Waals surface area contributed by atoms with E-state index in [4.69, 9.17) is 11.6 Å². The van der Waals surface area contributed by atoms with E-state index in [0.29, 0.717) is 27.5 Å². The minimum atomic E-state index is -0.423. The second-order valence-electron chi connectivity index (χ2n) is 6.68. The molecule has 0 aromatic heterocycles. The Morgan fingerprint density at radius 3 is 2.31 bits per heavy atom. The molecule has 2 amide bonds. The summed E-state index contributed by atoms with van der Waals surface area (Å²) in [6.45, 7) is 1.97. The van der Waals surface area contributed by atoms with Gasteiger partial charge >= 0.3 is 0 Å². The van der Waals surface area contributed by atoms with Crippen molar-refractivity contribution in [3.05, 3.63) is 99.1 Å². The Labute approximate surface area is 181 Å². The molecule has 0 radical (unpaired) electrons. The Kier molecular flexibility index (Phi) is 5.26. The number of nitrogens with one attached hydrogen (secondary N) is 1. The molecule has 0 saturated heterocycles. The first-order chi connectivity index (χ1) is 13.9. The van der Waals surface area contributed by atoms with Crippen LogP contribution in [0.3, 0.4) is 0 Å². The summed E-state index contributed by atoms with van der Waals surface area (Å²) >= 11 is 9.52. The number of carbonyl (C=O) groups is 2. The van der Waals surface area contributed by atoms with Crippen LogP contribution in [0.25, 0.3) is 5.57 Å². The van der Waals surface area contributed by atoms with E-state index in [1.54, 1.807) is 24.3 Å². The van der Waals surface area contributed by atoms with Gasteiger partial charge in [-0.15, -0.1) is 0 Å². The number of benzene rings is 3. The maximum absolute atomic E-state index is 13.3. The highest BCUT2D eigenvalue weighted by atomic mass is 79.9. The van der Waals surface area contributed by atoms with Crippen LogP contribution < -0.4 is 10.2 Å². The maximum atomic E-state index is 13.3. The second kappa shape index (κ2) is 7.85. The fraction of sp³-hybridized carbons (Fsp3) is 0.0435. The van der Waals surface area contributed by atoms with Gasteiger partial charge in [-0.2, -0.15) is 0 Å². The molecule has 1 aliphatic rings. The molecule has 6 heteroatoms. The summed E-state index contributed by atoms with van der Waals surface area (Å²) in [5.74, 6) is -0.813. The molecule has 0 bridgehead atoms. The number of rotatable bonds is 4. The van der Waals surface area contributed by atoms with E-state index in [2.05, 4.69) is 21.2 Å². The van der Waals surface area contributed by atoms with Crippen LogP contribution in [-0.2, 0) is 9.59 Å². The molecule has 0 spiro atoms. The van der Waals surface area contributed by atoms with Gasteiger partial charge in [0.2, 0.25) is 0 Å². The van der Waals surface area contributed by atoms with Crippen LogP contribution in [0.2, 0.25) is 5.02 Å². The van der Waals surface area contributed by atoms with Crippen LogP contribution >= 0.6 is 27.5 Å². The van der Waals surface area contributed by atoms with Crippen LogP contribution in [0.5, 0.6) is 0 Å². The summed E-state index contributed by atoms with van der Waals surface area (Å²) in [4.78, 5) is 27.8. The first-order valence-electron chi connectivity index (χ1n) is 8.92. The lowest BCUT2D eigenvalue weighted by atomic mass is 10.0. The van der Waals surface area contributed by atoms with Crippen molar-refractivity contribution in [2.24, 2.45) is 0 Å². The number of anilines is 2. The highest BCUT2D eigenvalue weighted by Gasteiger charge is 2.40. The fourth-order valence-electron chi connectivity index (χ4n) is 3.19. The normalized spacial score (nSPS) is 14.0. The van der Waals surface area contributed by atoms with Crippen molar-refractivity contribution in [2.45, 2.75) is 6.92 Å². The lowest BCUT2D eigenvalue weighted by Crippen LogP contribution is -2.32. The van der Waals surface area contributed by atoms with Crippen LogP contribution in [0.15, 0.2) is 83.0 Å². The topological polar surface area (TPSA) is 49.4 Å². The highest BCUT2D eigenvalue weighted by molar-refractivity contribution is 9.10. The van der Waals surface area contributed by atoms with Gasteiger partial charge in [0.1, 0.15) is 5.70 Å². The van der Waals surface area contributed by atoms with Gasteiger partial charge in [0.15, 0.2) is 0 Å². The summed E-state index contributed by atoms with van der Waals surface area (Å²) in [5.41, 5.74) is 3.44. The van der Waals surface area contributed by atoms with Crippen molar-refractivity contribution in [2.75, 3.05) is 10.2 Å². The molecule has 0 atom stereocenters. The largest absolute Gasteiger partial charge is 0.350 e. The summed E-state index contributed by atoms with van der Waals surface area (Å²) in [6, 6.07) is 21.7. The Morgan fingerprint density at radius 1 is 0.897 bits per heavy atom. The van der Waals surface area contributed by atoms with Crippen LogP contribution in [0.4, 0.5) is 11.4 Å². The van der Waals surface area contributed by atoms with Crippen molar-refractivity contribution in [1.82, 2.24) is 0 Å². The minimum Gasteiger partial charge on any atom is -0.350 e. The molecule has 0 aliphatic carbocycles. The fourth-order valence-corrected chi connectivity index (χ4v) is 3.78. The predicted molar refractivity (Wildman–Crippen MR) is 120 cm³/mol. The van der Waals surface area contributed by atoms with Crippen molar-refractivity contribution < 1.29 is 9.59 Å². The Bertz CT molecular complexity index is 1160. The molecule has 1 N–H and O–H groups in total. The molecule has 0 unspecified atom stereocenters. The van der Waals surface area contributed by atoms with E-state index in [0.717, 1.165) is 14.9 Å². The van der Waals surface area contributed by atoms with Gasteiger partial charge in [0.05, 0.1) is 11.3 Å². The molecule has 3 aromatic carbocycles. The number of aryl methyl sites for hydroxylation is 1. The van der Waals surface area contributed by atoms with E-state index in [9.17, 15) is 9.59 Å². The zero-order valence-electron chi connectivity index (χ0n) is 15.4. The summed E-state index contributed by atoms with van der Waals surface area (Å²) in [6.07, 6.45) is 0. The smallest absolute Gasteiger partial charge is 0.282 e. The van der Waals surface area contributed by atoms with Gasteiger partial charge in [-0.05, 0) is 48.9 Å². The van der Waals surface area contributed by atoms with Gasteiger partial charge in [0.25, 0.3) is 11.8 Å². The van der Waals surface area contributed by atoms with Gasteiger partial charge in [-0.25, -0.2) is 4.90 Å². The van der Waals surface area contributed by atoms with Gasteiger partial charge in [-0.1, -0.05) is 69.5 Å². The molecule has 4 nitrogen and oxygen atoms in total. The third-order valence-corrected chi connectivity index (χ3v) is 5.31. The van der Waals surface area contributed by atoms with Crippen molar-refractivity contribution >= 4 is 56.3 Å². The molecule has 29 heavy (non-hydrogen) atoms. The van der Waals surface area contributed by atoms with Gasteiger partial charge < -0.3 is 5.32 Å². The van der Waals surface area contributed by atoms with Crippen molar-refractivity contribution in [3.8, 4) is 0 Å². The third-order valence-electron chi connectivity index (χ3n) is 4.58. The zero-order chi connectivity index (χ0) is 20.5. The van der Waals surface area contributed by atoms with Gasteiger partial charge in [0, 0.05) is 15.2 Å². The molecule has 144 valence electrons. The van der Waals surface area contributed by atoms with Gasteiger partial charge in [-0.3, -0.25) is 9.59 Å². The van der Waals surface area contributed by atoms with E-state index < -0.39 is 11.8 Å². The molecule has 3 aromatic rings. The van der Waals surface area contributed by atoms with E-state index in [1.807, 2.05) is 55.5 Å². The predicted octanol–water partition coefficient (Wildman–Crippen LogP) is 5.81. The average Bonchev–Trinajstić information content (AvgIpc) is 2.92. The van der Waals surface area contributed by atoms with Crippen LogP contribution in [0.1, 0.15) is 11.1 Å².